The maximum absolute atomic E-state index is 13.0. The lowest BCUT2D eigenvalue weighted by molar-refractivity contribution is -0.149. The van der Waals surface area contributed by atoms with Gasteiger partial charge in [-0.25, -0.2) is 0 Å². The first kappa shape index (κ1) is 14.1. The average Bonchev–Trinajstić information content (AvgIpc) is 3.18. The van der Waals surface area contributed by atoms with E-state index >= 15 is 0 Å². The van der Waals surface area contributed by atoms with E-state index in [1.54, 1.807) is 4.90 Å². The van der Waals surface area contributed by atoms with Crippen LogP contribution in [0.1, 0.15) is 43.2 Å². The van der Waals surface area contributed by atoms with E-state index in [0.29, 0.717) is 0 Å². The molecule has 3 rings (SSSR count). The molecule has 1 aromatic carbocycles. The van der Waals surface area contributed by atoms with Gasteiger partial charge < -0.3 is 10.0 Å². The Kier molecular flexibility index (Phi) is 3.47. The van der Waals surface area contributed by atoms with Crippen LogP contribution in [0.2, 0.25) is 0 Å². The second kappa shape index (κ2) is 5.17. The standard InChI is InChI=1S/C17H21NO3/c1-12-4-2-5-13(10-12)17(8-3-9-17)16(21)18(11-15(19)20)14-6-7-14/h2,4-5,10,14H,3,6-9,11H2,1H3,(H,19,20). The minimum absolute atomic E-state index is 0.0178. The summed E-state index contributed by atoms with van der Waals surface area (Å²) in [6, 6.07) is 8.22. The number of carbonyl (C=O) groups is 2. The smallest absolute Gasteiger partial charge is 0.323 e. The molecule has 2 saturated carbocycles. The summed E-state index contributed by atoms with van der Waals surface area (Å²) in [4.78, 5) is 25.7. The topological polar surface area (TPSA) is 57.6 Å². The lowest BCUT2D eigenvalue weighted by Gasteiger charge is -2.44. The Morgan fingerprint density at radius 1 is 1.33 bits per heavy atom. The summed E-state index contributed by atoms with van der Waals surface area (Å²) >= 11 is 0. The number of rotatable bonds is 5. The molecule has 2 aliphatic carbocycles. The fraction of sp³-hybridized carbons (Fsp3) is 0.529. The normalized spacial score (nSPS) is 19.7. The number of hydrogen-bond acceptors (Lipinski definition) is 2. The second-order valence-electron chi connectivity index (χ2n) is 6.36. The average molecular weight is 287 g/mol. The van der Waals surface area contributed by atoms with E-state index in [4.69, 9.17) is 5.11 Å². The van der Waals surface area contributed by atoms with Gasteiger partial charge in [-0.05, 0) is 38.2 Å². The number of carbonyl (C=O) groups excluding carboxylic acids is 1. The van der Waals surface area contributed by atoms with Crippen molar-refractivity contribution in [2.45, 2.75) is 50.5 Å². The molecule has 1 N–H and O–H groups in total. The molecular formula is C17H21NO3. The van der Waals surface area contributed by atoms with Gasteiger partial charge in [0, 0.05) is 6.04 Å². The third-order valence-corrected chi connectivity index (χ3v) is 4.74. The number of nitrogens with zero attached hydrogens (tertiary/aromatic N) is 1. The fourth-order valence-electron chi connectivity index (χ4n) is 3.27. The van der Waals surface area contributed by atoms with Crippen LogP contribution in [0.5, 0.6) is 0 Å². The van der Waals surface area contributed by atoms with Crippen LogP contribution in [0, 0.1) is 6.92 Å². The maximum Gasteiger partial charge on any atom is 0.323 e. The number of aryl methyl sites for hydroxylation is 1. The molecule has 112 valence electrons. The SMILES string of the molecule is Cc1cccc(C2(C(=O)N(CC(=O)O)C3CC3)CCC2)c1. The molecule has 0 atom stereocenters. The molecule has 0 saturated heterocycles. The van der Waals surface area contributed by atoms with Crippen LogP contribution in [0.4, 0.5) is 0 Å². The van der Waals surface area contributed by atoms with Crippen molar-refractivity contribution in [1.29, 1.82) is 0 Å². The minimum atomic E-state index is -0.922. The molecule has 0 aliphatic heterocycles. The number of carboxylic acids is 1. The summed E-state index contributed by atoms with van der Waals surface area (Å²) in [5.41, 5.74) is 1.71. The highest BCUT2D eigenvalue weighted by molar-refractivity contribution is 5.92. The van der Waals surface area contributed by atoms with Crippen molar-refractivity contribution in [3.63, 3.8) is 0 Å². The minimum Gasteiger partial charge on any atom is -0.480 e. The van der Waals surface area contributed by atoms with E-state index in [2.05, 4.69) is 6.07 Å². The molecule has 0 radical (unpaired) electrons. The fourth-order valence-corrected chi connectivity index (χ4v) is 3.27. The number of amides is 1. The van der Waals surface area contributed by atoms with E-state index < -0.39 is 11.4 Å². The molecule has 4 heteroatoms. The van der Waals surface area contributed by atoms with Gasteiger partial charge in [0.05, 0.1) is 5.41 Å². The predicted molar refractivity (Wildman–Crippen MR) is 79.1 cm³/mol. The van der Waals surface area contributed by atoms with Crippen molar-refractivity contribution in [3.05, 3.63) is 35.4 Å². The summed E-state index contributed by atoms with van der Waals surface area (Å²) in [6.45, 7) is 1.85. The first-order chi connectivity index (χ1) is 10.0. The van der Waals surface area contributed by atoms with Crippen molar-refractivity contribution in [3.8, 4) is 0 Å². The molecular weight excluding hydrogens is 266 g/mol. The molecule has 0 heterocycles. The van der Waals surface area contributed by atoms with Crippen LogP contribution < -0.4 is 0 Å². The molecule has 1 amide bonds. The van der Waals surface area contributed by atoms with E-state index in [0.717, 1.165) is 43.2 Å². The highest BCUT2D eigenvalue weighted by Gasteiger charge is 2.50. The van der Waals surface area contributed by atoms with Gasteiger partial charge >= 0.3 is 5.97 Å². The first-order valence-corrected chi connectivity index (χ1v) is 7.63. The Hall–Kier alpha value is -1.84. The van der Waals surface area contributed by atoms with Gasteiger partial charge in [-0.2, -0.15) is 0 Å². The monoisotopic (exact) mass is 287 g/mol. The van der Waals surface area contributed by atoms with Crippen LogP contribution in [-0.2, 0) is 15.0 Å². The van der Waals surface area contributed by atoms with Crippen molar-refractivity contribution in [1.82, 2.24) is 4.90 Å². The highest BCUT2D eigenvalue weighted by atomic mass is 16.4. The largest absolute Gasteiger partial charge is 0.480 e. The highest BCUT2D eigenvalue weighted by Crippen LogP contribution is 2.46. The van der Waals surface area contributed by atoms with Gasteiger partial charge in [0.15, 0.2) is 0 Å². The van der Waals surface area contributed by atoms with Crippen molar-refractivity contribution >= 4 is 11.9 Å². The molecule has 1 aromatic rings. The van der Waals surface area contributed by atoms with E-state index in [9.17, 15) is 9.59 Å². The molecule has 0 spiro atoms. The molecule has 4 nitrogen and oxygen atoms in total. The Morgan fingerprint density at radius 3 is 2.52 bits per heavy atom. The van der Waals surface area contributed by atoms with Crippen molar-refractivity contribution < 1.29 is 14.7 Å². The maximum atomic E-state index is 13.0. The first-order valence-electron chi connectivity index (χ1n) is 7.63. The van der Waals surface area contributed by atoms with Crippen molar-refractivity contribution in [2.24, 2.45) is 0 Å². The Morgan fingerprint density at radius 2 is 2.05 bits per heavy atom. The zero-order chi connectivity index (χ0) is 15.0. The van der Waals surface area contributed by atoms with Crippen LogP contribution in [-0.4, -0.2) is 34.5 Å². The quantitative estimate of drug-likeness (QED) is 0.905. The van der Waals surface area contributed by atoms with Gasteiger partial charge in [0.25, 0.3) is 0 Å². The number of benzene rings is 1. The van der Waals surface area contributed by atoms with Gasteiger partial charge in [0.2, 0.25) is 5.91 Å². The summed E-state index contributed by atoms with van der Waals surface area (Å²) < 4.78 is 0. The third kappa shape index (κ3) is 2.55. The zero-order valence-corrected chi connectivity index (χ0v) is 12.3. The Labute approximate surface area is 124 Å². The lowest BCUT2D eigenvalue weighted by atomic mass is 9.63. The summed E-state index contributed by atoms with van der Waals surface area (Å²) in [5.74, 6) is -0.904. The van der Waals surface area contributed by atoms with Gasteiger partial charge in [0.1, 0.15) is 6.54 Å². The van der Waals surface area contributed by atoms with Crippen LogP contribution in [0.15, 0.2) is 24.3 Å². The number of hydrogen-bond donors (Lipinski definition) is 1. The van der Waals surface area contributed by atoms with Gasteiger partial charge in [-0.3, -0.25) is 9.59 Å². The molecule has 21 heavy (non-hydrogen) atoms. The molecule has 0 bridgehead atoms. The zero-order valence-electron chi connectivity index (χ0n) is 12.3. The van der Waals surface area contributed by atoms with Crippen LogP contribution in [0.25, 0.3) is 0 Å². The van der Waals surface area contributed by atoms with Gasteiger partial charge in [-0.1, -0.05) is 36.2 Å². The molecule has 0 unspecified atom stereocenters. The van der Waals surface area contributed by atoms with E-state index in [1.807, 2.05) is 25.1 Å². The lowest BCUT2D eigenvalue weighted by Crippen LogP contribution is -2.53. The molecule has 0 aromatic heterocycles. The van der Waals surface area contributed by atoms with Gasteiger partial charge in [-0.15, -0.1) is 0 Å². The van der Waals surface area contributed by atoms with E-state index in [-0.39, 0.29) is 18.5 Å². The number of carboxylic acid groups (broad SMARTS) is 1. The predicted octanol–water partition coefficient (Wildman–Crippen LogP) is 2.49. The summed E-state index contributed by atoms with van der Waals surface area (Å²) in [7, 11) is 0. The summed E-state index contributed by atoms with van der Waals surface area (Å²) in [5, 5.41) is 9.09. The Balaban J connectivity index is 1.90. The summed E-state index contributed by atoms with van der Waals surface area (Å²) in [6.07, 6.45) is 4.56. The Bertz CT molecular complexity index is 573. The van der Waals surface area contributed by atoms with Crippen molar-refractivity contribution in [2.75, 3.05) is 6.54 Å². The van der Waals surface area contributed by atoms with Crippen LogP contribution >= 0.6 is 0 Å². The molecule has 2 aliphatic rings. The van der Waals surface area contributed by atoms with Crippen LogP contribution in [0.3, 0.4) is 0 Å². The van der Waals surface area contributed by atoms with E-state index in [1.165, 1.54) is 0 Å². The second-order valence-corrected chi connectivity index (χ2v) is 6.36. The third-order valence-electron chi connectivity index (χ3n) is 4.74. The molecule has 2 fully saturated rings. The number of aliphatic carboxylic acids is 1.